The zero-order valence-electron chi connectivity index (χ0n) is 10.7. The molecule has 0 saturated carbocycles. The summed E-state index contributed by atoms with van der Waals surface area (Å²) in [7, 11) is 1.56. The van der Waals surface area contributed by atoms with E-state index in [4.69, 9.17) is 9.84 Å². The highest BCUT2D eigenvalue weighted by Crippen LogP contribution is 2.16. The maximum atomic E-state index is 11.9. The summed E-state index contributed by atoms with van der Waals surface area (Å²) in [5, 5.41) is 11.3. The molecule has 0 heterocycles. The average molecular weight is 251 g/mol. The minimum Gasteiger partial charge on any atom is -0.497 e. The number of carbonyl (C=O) groups excluding carboxylic acids is 1. The molecule has 1 amide bonds. The van der Waals surface area contributed by atoms with Crippen LogP contribution in [0.25, 0.3) is 0 Å². The maximum Gasteiger partial charge on any atom is 0.305 e. The lowest BCUT2D eigenvalue weighted by molar-refractivity contribution is -0.137. The normalized spacial score (nSPS) is 11.7. The molecule has 1 atom stereocenters. The zero-order chi connectivity index (χ0) is 13.7. The van der Waals surface area contributed by atoms with Gasteiger partial charge in [-0.2, -0.15) is 0 Å². The van der Waals surface area contributed by atoms with Crippen LogP contribution in [0.3, 0.4) is 0 Å². The third kappa shape index (κ3) is 3.76. The number of benzene rings is 1. The van der Waals surface area contributed by atoms with Crippen molar-refractivity contribution < 1.29 is 19.4 Å². The van der Waals surface area contributed by atoms with Gasteiger partial charge >= 0.3 is 5.97 Å². The second kappa shape index (κ2) is 6.05. The van der Waals surface area contributed by atoms with Gasteiger partial charge in [0.25, 0.3) is 5.91 Å². The van der Waals surface area contributed by atoms with Gasteiger partial charge in [0.1, 0.15) is 5.75 Å². The molecule has 0 aliphatic rings. The Bertz CT molecular complexity index is 456. The van der Waals surface area contributed by atoms with E-state index in [1.807, 2.05) is 0 Å². The number of amides is 1. The average Bonchev–Trinajstić information content (AvgIpc) is 2.27. The summed E-state index contributed by atoms with van der Waals surface area (Å²) in [4.78, 5) is 22.4. The van der Waals surface area contributed by atoms with E-state index in [2.05, 4.69) is 5.32 Å². The van der Waals surface area contributed by atoms with Crippen molar-refractivity contribution in [1.82, 2.24) is 5.32 Å². The van der Waals surface area contributed by atoms with Crippen LogP contribution < -0.4 is 10.1 Å². The van der Waals surface area contributed by atoms with Crippen molar-refractivity contribution in [2.75, 3.05) is 7.11 Å². The van der Waals surface area contributed by atoms with Crippen LogP contribution in [0.5, 0.6) is 5.75 Å². The van der Waals surface area contributed by atoms with Crippen molar-refractivity contribution in [2.45, 2.75) is 26.3 Å². The predicted molar refractivity (Wildman–Crippen MR) is 66.9 cm³/mol. The summed E-state index contributed by atoms with van der Waals surface area (Å²) in [6.45, 7) is 3.46. The first-order valence-electron chi connectivity index (χ1n) is 5.61. The first-order valence-corrected chi connectivity index (χ1v) is 5.61. The third-order valence-corrected chi connectivity index (χ3v) is 2.54. The van der Waals surface area contributed by atoms with Gasteiger partial charge in [0.05, 0.1) is 13.5 Å². The van der Waals surface area contributed by atoms with E-state index < -0.39 is 12.0 Å². The van der Waals surface area contributed by atoms with Crippen molar-refractivity contribution in [1.29, 1.82) is 0 Å². The Morgan fingerprint density at radius 2 is 2.11 bits per heavy atom. The van der Waals surface area contributed by atoms with Crippen molar-refractivity contribution in [2.24, 2.45) is 0 Å². The molecule has 0 radical (unpaired) electrons. The molecule has 5 nitrogen and oxygen atoms in total. The van der Waals surface area contributed by atoms with Gasteiger partial charge in [-0.3, -0.25) is 9.59 Å². The van der Waals surface area contributed by atoms with Crippen LogP contribution in [0.2, 0.25) is 0 Å². The summed E-state index contributed by atoms with van der Waals surface area (Å²) in [5.41, 5.74) is 1.31. The Balaban J connectivity index is 2.75. The van der Waals surface area contributed by atoms with Crippen LogP contribution in [0.15, 0.2) is 18.2 Å². The molecule has 0 bridgehead atoms. The molecule has 18 heavy (non-hydrogen) atoms. The molecule has 1 aromatic rings. The largest absolute Gasteiger partial charge is 0.497 e. The Hall–Kier alpha value is -2.04. The number of carbonyl (C=O) groups is 2. The molecule has 1 aromatic carbocycles. The van der Waals surface area contributed by atoms with Crippen LogP contribution in [0.4, 0.5) is 0 Å². The van der Waals surface area contributed by atoms with Crippen LogP contribution in [-0.4, -0.2) is 30.1 Å². The first-order chi connectivity index (χ1) is 8.43. The zero-order valence-corrected chi connectivity index (χ0v) is 10.7. The Morgan fingerprint density at radius 1 is 1.44 bits per heavy atom. The van der Waals surface area contributed by atoms with Gasteiger partial charge in [-0.05, 0) is 37.6 Å². The molecule has 0 aliphatic heterocycles. The lowest BCUT2D eigenvalue weighted by Gasteiger charge is -2.13. The number of aliphatic carboxylic acids is 1. The van der Waals surface area contributed by atoms with E-state index in [1.165, 1.54) is 0 Å². The molecular formula is C13H17NO4. The van der Waals surface area contributed by atoms with Crippen LogP contribution >= 0.6 is 0 Å². The van der Waals surface area contributed by atoms with Crippen LogP contribution in [-0.2, 0) is 4.79 Å². The molecular weight excluding hydrogens is 234 g/mol. The van der Waals surface area contributed by atoms with Gasteiger partial charge in [0.15, 0.2) is 0 Å². The number of methoxy groups -OCH3 is 1. The van der Waals surface area contributed by atoms with Crippen molar-refractivity contribution in [3.63, 3.8) is 0 Å². The Morgan fingerprint density at radius 3 is 2.61 bits per heavy atom. The fourth-order valence-corrected chi connectivity index (χ4v) is 1.63. The molecule has 2 N–H and O–H groups in total. The summed E-state index contributed by atoms with van der Waals surface area (Å²) >= 11 is 0. The third-order valence-electron chi connectivity index (χ3n) is 2.54. The maximum absolute atomic E-state index is 11.9. The lowest BCUT2D eigenvalue weighted by atomic mass is 10.1. The molecule has 5 heteroatoms. The van der Waals surface area contributed by atoms with Crippen LogP contribution in [0, 0.1) is 6.92 Å². The van der Waals surface area contributed by atoms with Crippen molar-refractivity contribution in [3.8, 4) is 5.75 Å². The van der Waals surface area contributed by atoms with Crippen LogP contribution in [0.1, 0.15) is 29.3 Å². The first kappa shape index (κ1) is 14.0. The monoisotopic (exact) mass is 251 g/mol. The van der Waals surface area contributed by atoms with E-state index in [-0.39, 0.29) is 12.3 Å². The fourth-order valence-electron chi connectivity index (χ4n) is 1.63. The Labute approximate surface area is 106 Å². The molecule has 98 valence electrons. The van der Waals surface area contributed by atoms with Gasteiger partial charge < -0.3 is 15.2 Å². The second-order valence-electron chi connectivity index (χ2n) is 4.15. The van der Waals surface area contributed by atoms with Crippen molar-refractivity contribution >= 4 is 11.9 Å². The smallest absolute Gasteiger partial charge is 0.305 e. The summed E-state index contributed by atoms with van der Waals surface area (Å²) < 4.78 is 5.05. The van der Waals surface area contributed by atoms with Gasteiger partial charge in [0, 0.05) is 11.6 Å². The minimum atomic E-state index is -0.936. The highest BCUT2D eigenvalue weighted by molar-refractivity contribution is 5.96. The van der Waals surface area contributed by atoms with E-state index in [0.717, 1.165) is 5.56 Å². The van der Waals surface area contributed by atoms with Gasteiger partial charge in [-0.1, -0.05) is 0 Å². The number of hydrogen-bond acceptors (Lipinski definition) is 3. The molecule has 0 fully saturated rings. The summed E-state index contributed by atoms with van der Waals surface area (Å²) in [5.74, 6) is -0.527. The van der Waals surface area contributed by atoms with Crippen molar-refractivity contribution in [3.05, 3.63) is 29.3 Å². The number of ether oxygens (including phenoxy) is 1. The number of hydrogen-bond donors (Lipinski definition) is 2. The number of rotatable bonds is 5. The topological polar surface area (TPSA) is 75.6 Å². The molecule has 0 aromatic heterocycles. The second-order valence-corrected chi connectivity index (χ2v) is 4.15. The van der Waals surface area contributed by atoms with Gasteiger partial charge in [0.2, 0.25) is 0 Å². The predicted octanol–water partition coefficient (Wildman–Crippen LogP) is 1.60. The van der Waals surface area contributed by atoms with E-state index >= 15 is 0 Å². The highest BCUT2D eigenvalue weighted by atomic mass is 16.5. The van der Waals surface area contributed by atoms with E-state index in [0.29, 0.717) is 11.3 Å². The number of carboxylic acids is 1. The molecule has 1 unspecified atom stereocenters. The standard InChI is InChI=1S/C13H17NO4/c1-8-6-10(18-3)4-5-11(8)13(17)14-9(2)7-12(15)16/h4-6,9H,7H2,1-3H3,(H,14,17)(H,15,16). The number of aryl methyl sites for hydroxylation is 1. The molecule has 0 aliphatic carbocycles. The molecule has 0 spiro atoms. The summed E-state index contributed by atoms with van der Waals surface area (Å²) in [6, 6.07) is 4.72. The fraction of sp³-hybridized carbons (Fsp3) is 0.385. The quantitative estimate of drug-likeness (QED) is 0.833. The van der Waals surface area contributed by atoms with Gasteiger partial charge in [-0.15, -0.1) is 0 Å². The van der Waals surface area contributed by atoms with E-state index in [1.54, 1.807) is 39.2 Å². The SMILES string of the molecule is COc1ccc(C(=O)NC(C)CC(=O)O)c(C)c1. The Kier molecular flexibility index (Phi) is 4.71. The van der Waals surface area contributed by atoms with Gasteiger partial charge in [-0.25, -0.2) is 0 Å². The van der Waals surface area contributed by atoms with E-state index in [9.17, 15) is 9.59 Å². The lowest BCUT2D eigenvalue weighted by Crippen LogP contribution is -2.34. The number of nitrogens with one attached hydrogen (secondary N) is 1. The highest BCUT2D eigenvalue weighted by Gasteiger charge is 2.14. The molecule has 0 saturated heterocycles. The molecule has 1 rings (SSSR count). The number of carboxylic acid groups (broad SMARTS) is 1. The minimum absolute atomic E-state index is 0.0963. The summed E-state index contributed by atoms with van der Waals surface area (Å²) in [6.07, 6.45) is -0.0963.